The van der Waals surface area contributed by atoms with Gasteiger partial charge in [-0.1, -0.05) is 12.1 Å². The largest absolute Gasteiger partial charge is 0.377 e. The molecule has 1 aliphatic rings. The van der Waals surface area contributed by atoms with E-state index < -0.39 is 0 Å². The van der Waals surface area contributed by atoms with Crippen molar-refractivity contribution in [1.82, 2.24) is 4.98 Å². The van der Waals surface area contributed by atoms with Crippen LogP contribution in [-0.2, 0) is 0 Å². The minimum Gasteiger partial charge on any atom is -0.377 e. The van der Waals surface area contributed by atoms with Crippen LogP contribution in [0.1, 0.15) is 28.4 Å². The molecule has 0 amide bonds. The van der Waals surface area contributed by atoms with Crippen molar-refractivity contribution >= 4 is 11.5 Å². The van der Waals surface area contributed by atoms with Gasteiger partial charge in [-0.15, -0.1) is 0 Å². The topological polar surface area (TPSA) is 42.0 Å². The number of carbonyl (C=O) groups is 1. The van der Waals surface area contributed by atoms with Crippen molar-refractivity contribution in [3.05, 3.63) is 59.9 Å². The lowest BCUT2D eigenvalue weighted by molar-refractivity contribution is 0.0972. The summed E-state index contributed by atoms with van der Waals surface area (Å²) in [6.07, 6.45) is 4.00. The maximum absolute atomic E-state index is 12.0. The van der Waals surface area contributed by atoms with E-state index in [1.165, 1.54) is 0 Å². The minimum atomic E-state index is 0.0559. The number of Topliss-reactive ketones (excluding diaryl/α,β-unsaturated/α-hetero) is 1. The summed E-state index contributed by atoms with van der Waals surface area (Å²) < 4.78 is 0. The second-order valence-corrected chi connectivity index (χ2v) is 4.15. The highest BCUT2D eigenvalue weighted by Gasteiger charge is 2.24. The molecule has 3 nitrogen and oxygen atoms in total. The highest BCUT2D eigenvalue weighted by molar-refractivity contribution is 6.03. The number of carbonyl (C=O) groups excluding carboxylic acids is 1. The van der Waals surface area contributed by atoms with Crippen LogP contribution in [0.4, 0.5) is 5.69 Å². The number of rotatable bonds is 1. The summed E-state index contributed by atoms with van der Waals surface area (Å²) in [5.41, 5.74) is 2.81. The second-order valence-electron chi connectivity index (χ2n) is 4.15. The number of hydrogen-bond acceptors (Lipinski definition) is 3. The first-order valence-corrected chi connectivity index (χ1v) is 5.63. The number of fused-ring (bicyclic) bond motifs is 1. The summed E-state index contributed by atoms with van der Waals surface area (Å²) in [6.45, 7) is 0. The maximum Gasteiger partial charge on any atom is 0.167 e. The van der Waals surface area contributed by atoms with Crippen LogP contribution in [0.25, 0.3) is 0 Å². The molecular weight excluding hydrogens is 212 g/mol. The third-order valence-corrected chi connectivity index (χ3v) is 3.06. The molecule has 3 rings (SSSR count). The first-order valence-electron chi connectivity index (χ1n) is 5.63. The Balaban J connectivity index is 1.97. The summed E-state index contributed by atoms with van der Waals surface area (Å²) in [5, 5.41) is 3.40. The SMILES string of the molecule is O=C1CC(c2ccncc2)Nc2ccccc21. The molecule has 0 radical (unpaired) electrons. The number of pyridine rings is 1. The smallest absolute Gasteiger partial charge is 0.167 e. The van der Waals surface area contributed by atoms with Crippen molar-refractivity contribution in [3.8, 4) is 0 Å². The Morgan fingerprint density at radius 1 is 1.12 bits per heavy atom. The van der Waals surface area contributed by atoms with E-state index in [1.807, 2.05) is 36.4 Å². The van der Waals surface area contributed by atoms with E-state index in [4.69, 9.17) is 0 Å². The van der Waals surface area contributed by atoms with Gasteiger partial charge in [0.2, 0.25) is 0 Å². The minimum absolute atomic E-state index is 0.0559. The van der Waals surface area contributed by atoms with E-state index in [1.54, 1.807) is 12.4 Å². The quantitative estimate of drug-likeness (QED) is 0.809. The Labute approximate surface area is 99.5 Å². The highest BCUT2D eigenvalue weighted by Crippen LogP contribution is 2.31. The van der Waals surface area contributed by atoms with Gasteiger partial charge in [-0.05, 0) is 29.8 Å². The van der Waals surface area contributed by atoms with Gasteiger partial charge in [0, 0.05) is 30.1 Å². The van der Waals surface area contributed by atoms with Crippen LogP contribution in [0.3, 0.4) is 0 Å². The fourth-order valence-corrected chi connectivity index (χ4v) is 2.18. The molecule has 1 N–H and O–H groups in total. The zero-order valence-corrected chi connectivity index (χ0v) is 9.26. The predicted molar refractivity (Wildman–Crippen MR) is 66.0 cm³/mol. The number of anilines is 1. The third kappa shape index (κ3) is 1.80. The van der Waals surface area contributed by atoms with Crippen molar-refractivity contribution in [2.24, 2.45) is 0 Å². The zero-order valence-electron chi connectivity index (χ0n) is 9.26. The van der Waals surface area contributed by atoms with Gasteiger partial charge >= 0.3 is 0 Å². The third-order valence-electron chi connectivity index (χ3n) is 3.06. The van der Waals surface area contributed by atoms with E-state index >= 15 is 0 Å². The molecule has 1 aromatic heterocycles. The highest BCUT2D eigenvalue weighted by atomic mass is 16.1. The fourth-order valence-electron chi connectivity index (χ4n) is 2.18. The first-order chi connectivity index (χ1) is 8.34. The average Bonchev–Trinajstić information content (AvgIpc) is 2.40. The summed E-state index contributed by atoms with van der Waals surface area (Å²) in [5.74, 6) is 0.196. The van der Waals surface area contributed by atoms with E-state index in [-0.39, 0.29) is 11.8 Å². The lowest BCUT2D eigenvalue weighted by atomic mass is 9.93. The standard InChI is InChI=1S/C14H12N2O/c17-14-9-13(10-5-7-15-8-6-10)16-12-4-2-1-3-11(12)14/h1-8,13,16H,9H2. The molecule has 2 heterocycles. The lowest BCUT2D eigenvalue weighted by Crippen LogP contribution is -2.22. The second kappa shape index (κ2) is 4.01. The lowest BCUT2D eigenvalue weighted by Gasteiger charge is -2.26. The molecule has 1 aliphatic heterocycles. The van der Waals surface area contributed by atoms with Gasteiger partial charge in [-0.25, -0.2) is 0 Å². The molecular formula is C14H12N2O. The van der Waals surface area contributed by atoms with Crippen molar-refractivity contribution < 1.29 is 4.79 Å². The molecule has 0 spiro atoms. The van der Waals surface area contributed by atoms with Gasteiger partial charge in [-0.3, -0.25) is 9.78 Å². The number of ketones is 1. The number of benzene rings is 1. The molecule has 0 saturated heterocycles. The Morgan fingerprint density at radius 3 is 2.71 bits per heavy atom. The van der Waals surface area contributed by atoms with Crippen molar-refractivity contribution in [3.63, 3.8) is 0 Å². The van der Waals surface area contributed by atoms with Crippen LogP contribution in [0, 0.1) is 0 Å². The maximum atomic E-state index is 12.0. The number of nitrogens with zero attached hydrogens (tertiary/aromatic N) is 1. The fraction of sp³-hybridized carbons (Fsp3) is 0.143. The summed E-state index contributed by atoms with van der Waals surface area (Å²) in [4.78, 5) is 16.0. The van der Waals surface area contributed by atoms with E-state index in [9.17, 15) is 4.79 Å². The molecule has 1 unspecified atom stereocenters. The number of para-hydroxylation sites is 1. The summed E-state index contributed by atoms with van der Waals surface area (Å²) in [6, 6.07) is 11.6. The summed E-state index contributed by atoms with van der Waals surface area (Å²) >= 11 is 0. The van der Waals surface area contributed by atoms with Gasteiger partial charge < -0.3 is 5.32 Å². The van der Waals surface area contributed by atoms with Gasteiger partial charge in [0.05, 0.1) is 6.04 Å². The molecule has 17 heavy (non-hydrogen) atoms. The Kier molecular flexibility index (Phi) is 2.37. The van der Waals surface area contributed by atoms with Crippen molar-refractivity contribution in [1.29, 1.82) is 0 Å². The molecule has 0 aliphatic carbocycles. The monoisotopic (exact) mass is 224 g/mol. The number of aromatic nitrogens is 1. The van der Waals surface area contributed by atoms with Gasteiger partial charge in [0.15, 0.2) is 5.78 Å². The molecule has 0 saturated carbocycles. The molecule has 0 fully saturated rings. The average molecular weight is 224 g/mol. The molecule has 0 bridgehead atoms. The molecule has 3 heteroatoms. The van der Waals surface area contributed by atoms with Crippen molar-refractivity contribution in [2.45, 2.75) is 12.5 Å². The van der Waals surface area contributed by atoms with Crippen molar-refractivity contribution in [2.75, 3.05) is 5.32 Å². The molecule has 2 aromatic rings. The normalized spacial score (nSPS) is 18.4. The molecule has 1 atom stereocenters. The van der Waals surface area contributed by atoms with E-state index in [0.717, 1.165) is 16.8 Å². The summed E-state index contributed by atoms with van der Waals surface area (Å²) in [7, 11) is 0. The van der Waals surface area contributed by atoms with Crippen LogP contribution in [-0.4, -0.2) is 10.8 Å². The Bertz CT molecular complexity index is 551. The Hall–Kier alpha value is -2.16. The van der Waals surface area contributed by atoms with E-state index in [2.05, 4.69) is 10.3 Å². The predicted octanol–water partition coefficient (Wildman–Crippen LogP) is 2.82. The first kappa shape index (κ1) is 10.0. The van der Waals surface area contributed by atoms with Crippen LogP contribution in [0.15, 0.2) is 48.8 Å². The Morgan fingerprint density at radius 2 is 1.88 bits per heavy atom. The number of nitrogens with one attached hydrogen (secondary N) is 1. The number of hydrogen-bond donors (Lipinski definition) is 1. The van der Waals surface area contributed by atoms with Gasteiger partial charge in [-0.2, -0.15) is 0 Å². The van der Waals surface area contributed by atoms with Gasteiger partial charge in [0.1, 0.15) is 0 Å². The molecule has 1 aromatic carbocycles. The van der Waals surface area contributed by atoms with Crippen LogP contribution >= 0.6 is 0 Å². The van der Waals surface area contributed by atoms with Gasteiger partial charge in [0.25, 0.3) is 0 Å². The van der Waals surface area contributed by atoms with E-state index in [0.29, 0.717) is 6.42 Å². The van der Waals surface area contributed by atoms with Crippen LogP contribution < -0.4 is 5.32 Å². The van der Waals surface area contributed by atoms with Crippen LogP contribution in [0.5, 0.6) is 0 Å². The molecule has 84 valence electrons. The zero-order chi connectivity index (χ0) is 11.7. The van der Waals surface area contributed by atoms with Crippen LogP contribution in [0.2, 0.25) is 0 Å².